The number of anilines is 2. The summed E-state index contributed by atoms with van der Waals surface area (Å²) in [4.78, 5) is 33.8. The minimum absolute atomic E-state index is 0.0779. The normalized spacial score (nSPS) is 14.0. The van der Waals surface area contributed by atoms with Crippen LogP contribution < -0.4 is 16.1 Å². The monoisotopic (exact) mass is 292 g/mol. The summed E-state index contributed by atoms with van der Waals surface area (Å²) < 4.78 is 13.7. The van der Waals surface area contributed by atoms with Crippen LogP contribution in [-0.2, 0) is 14.4 Å². The number of nitrogens with one attached hydrogen (secondary N) is 3. The number of rotatable bonds is 3. The number of carbonyl (C=O) groups is 3. The van der Waals surface area contributed by atoms with Gasteiger partial charge in [-0.15, -0.1) is 0 Å². The lowest BCUT2D eigenvalue weighted by atomic mass is 10.1. The number of halogens is 1. The van der Waals surface area contributed by atoms with Crippen LogP contribution in [0.15, 0.2) is 23.3 Å². The molecule has 0 saturated heterocycles. The van der Waals surface area contributed by atoms with Gasteiger partial charge in [0.15, 0.2) is 0 Å². The van der Waals surface area contributed by atoms with Crippen LogP contribution in [0.4, 0.5) is 15.8 Å². The van der Waals surface area contributed by atoms with Crippen LogP contribution in [0, 0.1) is 5.82 Å². The number of amides is 3. The van der Waals surface area contributed by atoms with Crippen molar-refractivity contribution in [3.05, 3.63) is 24.0 Å². The molecule has 3 amide bonds. The Bertz CT molecular complexity index is 642. The van der Waals surface area contributed by atoms with Crippen molar-refractivity contribution in [2.24, 2.45) is 5.10 Å². The Labute approximate surface area is 119 Å². The minimum atomic E-state index is -0.641. The van der Waals surface area contributed by atoms with E-state index < -0.39 is 11.7 Å². The zero-order valence-electron chi connectivity index (χ0n) is 11.2. The van der Waals surface area contributed by atoms with Crippen LogP contribution in [0.3, 0.4) is 0 Å². The van der Waals surface area contributed by atoms with E-state index >= 15 is 0 Å². The summed E-state index contributed by atoms with van der Waals surface area (Å²) in [5, 5.41) is 8.47. The van der Waals surface area contributed by atoms with Gasteiger partial charge in [0.05, 0.1) is 5.69 Å². The molecular formula is C13H13FN4O3. The highest BCUT2D eigenvalue weighted by Crippen LogP contribution is 2.20. The van der Waals surface area contributed by atoms with E-state index in [0.717, 1.165) is 6.07 Å². The van der Waals surface area contributed by atoms with Crippen molar-refractivity contribution in [2.75, 3.05) is 10.6 Å². The third-order valence-corrected chi connectivity index (χ3v) is 2.70. The summed E-state index contributed by atoms with van der Waals surface area (Å²) in [6, 6.07) is 3.81. The summed E-state index contributed by atoms with van der Waals surface area (Å²) in [5.41, 5.74) is 2.58. The topological polar surface area (TPSA) is 99.7 Å². The van der Waals surface area contributed by atoms with Gasteiger partial charge in [0.1, 0.15) is 11.5 Å². The molecule has 0 atom stereocenters. The molecule has 1 aliphatic heterocycles. The van der Waals surface area contributed by atoms with Gasteiger partial charge in [0.2, 0.25) is 11.8 Å². The molecule has 1 aliphatic rings. The Morgan fingerprint density at radius 3 is 2.67 bits per heavy atom. The van der Waals surface area contributed by atoms with Crippen LogP contribution in [0.25, 0.3) is 0 Å². The first-order valence-electron chi connectivity index (χ1n) is 6.19. The van der Waals surface area contributed by atoms with Gasteiger partial charge in [-0.2, -0.15) is 5.10 Å². The molecule has 7 nitrogen and oxygen atoms in total. The van der Waals surface area contributed by atoms with Crippen LogP contribution in [0.1, 0.15) is 19.8 Å². The van der Waals surface area contributed by atoms with E-state index in [-0.39, 0.29) is 36.1 Å². The first-order valence-corrected chi connectivity index (χ1v) is 6.19. The fourth-order valence-corrected chi connectivity index (χ4v) is 1.73. The van der Waals surface area contributed by atoms with Crippen molar-refractivity contribution in [1.29, 1.82) is 0 Å². The molecule has 3 N–H and O–H groups in total. The first kappa shape index (κ1) is 14.6. The van der Waals surface area contributed by atoms with Gasteiger partial charge < -0.3 is 10.6 Å². The Kier molecular flexibility index (Phi) is 4.27. The third-order valence-electron chi connectivity index (χ3n) is 2.70. The Morgan fingerprint density at radius 2 is 2.05 bits per heavy atom. The Hall–Kier alpha value is -2.77. The Balaban J connectivity index is 2.13. The number of carbonyl (C=O) groups excluding carboxylic acids is 3. The third kappa shape index (κ3) is 3.85. The van der Waals surface area contributed by atoms with Crippen molar-refractivity contribution >= 4 is 34.8 Å². The van der Waals surface area contributed by atoms with Gasteiger partial charge in [-0.1, -0.05) is 0 Å². The molecular weight excluding hydrogens is 279 g/mol. The SMILES string of the molecule is CC(=O)Nc1ccc(F)c(NC(=O)C2=NNC(=O)CC2)c1. The standard InChI is InChI=1S/C13H13FN4O3/c1-7(19)15-8-2-3-9(14)11(6-8)16-13(21)10-4-5-12(20)18-17-10/h2-3,6H,4-5H2,1H3,(H,15,19)(H,16,21)(H,18,20). The first-order chi connectivity index (χ1) is 9.95. The predicted octanol–water partition coefficient (Wildman–Crippen LogP) is 0.989. The molecule has 0 aliphatic carbocycles. The molecule has 2 rings (SSSR count). The highest BCUT2D eigenvalue weighted by molar-refractivity contribution is 6.43. The van der Waals surface area contributed by atoms with Crippen LogP contribution in [0.5, 0.6) is 0 Å². The van der Waals surface area contributed by atoms with E-state index in [1.54, 1.807) is 0 Å². The second-order valence-corrected chi connectivity index (χ2v) is 4.42. The van der Waals surface area contributed by atoms with E-state index in [9.17, 15) is 18.8 Å². The summed E-state index contributed by atoms with van der Waals surface area (Å²) in [5.74, 6) is -1.82. The summed E-state index contributed by atoms with van der Waals surface area (Å²) in [6.45, 7) is 1.32. The van der Waals surface area contributed by atoms with Crippen LogP contribution in [-0.4, -0.2) is 23.4 Å². The summed E-state index contributed by atoms with van der Waals surface area (Å²) in [7, 11) is 0. The zero-order valence-corrected chi connectivity index (χ0v) is 11.2. The lowest BCUT2D eigenvalue weighted by Gasteiger charge is -2.13. The van der Waals surface area contributed by atoms with Crippen molar-refractivity contribution < 1.29 is 18.8 Å². The molecule has 0 radical (unpaired) electrons. The molecule has 0 fully saturated rings. The molecule has 0 saturated carbocycles. The number of nitrogens with zero attached hydrogens (tertiary/aromatic N) is 1. The van der Waals surface area contributed by atoms with Crippen molar-refractivity contribution in [1.82, 2.24) is 5.43 Å². The van der Waals surface area contributed by atoms with Crippen LogP contribution >= 0.6 is 0 Å². The van der Waals surface area contributed by atoms with Gasteiger partial charge in [-0.05, 0) is 18.2 Å². The molecule has 1 aromatic carbocycles. The fraction of sp³-hybridized carbons (Fsp3) is 0.231. The fourth-order valence-electron chi connectivity index (χ4n) is 1.73. The number of benzene rings is 1. The van der Waals surface area contributed by atoms with Gasteiger partial charge in [-0.25, -0.2) is 9.82 Å². The van der Waals surface area contributed by atoms with Gasteiger partial charge >= 0.3 is 0 Å². The second kappa shape index (κ2) is 6.12. The molecule has 21 heavy (non-hydrogen) atoms. The number of hydrogen-bond donors (Lipinski definition) is 3. The zero-order chi connectivity index (χ0) is 15.4. The molecule has 1 aromatic rings. The average molecular weight is 292 g/mol. The van der Waals surface area contributed by atoms with Crippen molar-refractivity contribution in [2.45, 2.75) is 19.8 Å². The predicted molar refractivity (Wildman–Crippen MR) is 74.1 cm³/mol. The largest absolute Gasteiger partial charge is 0.326 e. The molecule has 0 spiro atoms. The van der Waals surface area contributed by atoms with E-state index in [2.05, 4.69) is 21.2 Å². The van der Waals surface area contributed by atoms with Crippen molar-refractivity contribution in [3.8, 4) is 0 Å². The molecule has 8 heteroatoms. The molecule has 0 unspecified atom stereocenters. The van der Waals surface area contributed by atoms with E-state index in [1.165, 1.54) is 19.1 Å². The smallest absolute Gasteiger partial charge is 0.271 e. The molecule has 1 heterocycles. The second-order valence-electron chi connectivity index (χ2n) is 4.42. The van der Waals surface area contributed by atoms with Crippen LogP contribution in [0.2, 0.25) is 0 Å². The van der Waals surface area contributed by atoms with E-state index in [1.807, 2.05) is 0 Å². The lowest BCUT2D eigenvalue weighted by Crippen LogP contribution is -2.33. The quantitative estimate of drug-likeness (QED) is 0.774. The van der Waals surface area contributed by atoms with Gasteiger partial charge in [-0.3, -0.25) is 14.4 Å². The van der Waals surface area contributed by atoms with Gasteiger partial charge in [0.25, 0.3) is 5.91 Å². The average Bonchev–Trinajstić information content (AvgIpc) is 2.42. The highest BCUT2D eigenvalue weighted by Gasteiger charge is 2.19. The number of hydrogen-bond acceptors (Lipinski definition) is 4. The molecule has 110 valence electrons. The van der Waals surface area contributed by atoms with Gasteiger partial charge in [0, 0.05) is 25.5 Å². The maximum atomic E-state index is 13.7. The van der Waals surface area contributed by atoms with E-state index in [0.29, 0.717) is 5.69 Å². The van der Waals surface area contributed by atoms with E-state index in [4.69, 9.17) is 0 Å². The number of hydrazone groups is 1. The molecule has 0 aromatic heterocycles. The minimum Gasteiger partial charge on any atom is -0.326 e. The lowest BCUT2D eigenvalue weighted by molar-refractivity contribution is -0.121. The summed E-state index contributed by atoms with van der Waals surface area (Å²) in [6.07, 6.45) is 0.339. The Morgan fingerprint density at radius 1 is 1.29 bits per heavy atom. The maximum Gasteiger partial charge on any atom is 0.271 e. The van der Waals surface area contributed by atoms with Crippen molar-refractivity contribution in [3.63, 3.8) is 0 Å². The highest BCUT2D eigenvalue weighted by atomic mass is 19.1. The summed E-state index contributed by atoms with van der Waals surface area (Å²) >= 11 is 0. The maximum absolute atomic E-state index is 13.7. The molecule has 0 bridgehead atoms.